The van der Waals surface area contributed by atoms with Gasteiger partial charge in [0.2, 0.25) is 0 Å². The van der Waals surface area contributed by atoms with Crippen LogP contribution in [0.1, 0.15) is 18.9 Å². The van der Waals surface area contributed by atoms with E-state index in [0.717, 1.165) is 5.56 Å². The topological polar surface area (TPSA) is 43.4 Å². The molecule has 0 aliphatic rings. The van der Waals surface area contributed by atoms with Gasteiger partial charge in [-0.2, -0.15) is 0 Å². The third-order valence-electron chi connectivity index (χ3n) is 3.05. The van der Waals surface area contributed by atoms with Crippen molar-refractivity contribution in [2.24, 2.45) is 0 Å². The van der Waals surface area contributed by atoms with Gasteiger partial charge >= 0.3 is 0 Å². The first-order valence-corrected chi connectivity index (χ1v) is 9.23. The summed E-state index contributed by atoms with van der Waals surface area (Å²) in [5, 5.41) is 1.07. The Labute approximate surface area is 140 Å². The summed E-state index contributed by atoms with van der Waals surface area (Å²) < 4.78 is 29.8. The zero-order valence-electron chi connectivity index (χ0n) is 12.1. The van der Waals surface area contributed by atoms with E-state index in [1.807, 2.05) is 6.92 Å². The van der Waals surface area contributed by atoms with E-state index in [4.69, 9.17) is 27.9 Å². The number of halogens is 2. The predicted molar refractivity (Wildman–Crippen MR) is 89.6 cm³/mol. The highest BCUT2D eigenvalue weighted by Gasteiger charge is 2.13. The number of hydrogen-bond acceptors (Lipinski definition) is 3. The van der Waals surface area contributed by atoms with Gasteiger partial charge in [-0.1, -0.05) is 42.3 Å². The molecule has 0 fully saturated rings. The summed E-state index contributed by atoms with van der Waals surface area (Å²) in [5.41, 5.74) is 0.785. The Morgan fingerprint density at radius 1 is 1.09 bits per heavy atom. The van der Waals surface area contributed by atoms with Gasteiger partial charge in [0.05, 0.1) is 10.6 Å². The van der Waals surface area contributed by atoms with Crippen molar-refractivity contribution in [1.82, 2.24) is 0 Å². The molecule has 2 aromatic rings. The van der Waals surface area contributed by atoms with Crippen molar-refractivity contribution in [2.75, 3.05) is 5.75 Å². The molecule has 0 heterocycles. The van der Waals surface area contributed by atoms with Gasteiger partial charge in [-0.3, -0.25) is 0 Å². The van der Waals surface area contributed by atoms with Crippen molar-refractivity contribution in [3.05, 3.63) is 58.1 Å². The highest BCUT2D eigenvalue weighted by atomic mass is 35.5. The van der Waals surface area contributed by atoms with Crippen molar-refractivity contribution in [1.29, 1.82) is 0 Å². The van der Waals surface area contributed by atoms with Crippen LogP contribution in [0.4, 0.5) is 0 Å². The molecule has 0 bridgehead atoms. The number of sulfone groups is 1. The first-order chi connectivity index (χ1) is 10.4. The average Bonchev–Trinajstić information content (AvgIpc) is 2.46. The van der Waals surface area contributed by atoms with Crippen molar-refractivity contribution in [2.45, 2.75) is 24.8 Å². The molecule has 0 atom stereocenters. The molecule has 3 nitrogen and oxygen atoms in total. The molecule has 0 spiro atoms. The Kier molecular flexibility index (Phi) is 5.73. The summed E-state index contributed by atoms with van der Waals surface area (Å²) in [4.78, 5) is 0.272. The molecular weight excluding hydrogens is 343 g/mol. The maximum absolute atomic E-state index is 12.1. The van der Waals surface area contributed by atoms with Crippen LogP contribution < -0.4 is 4.74 Å². The molecule has 0 unspecified atom stereocenters. The number of hydrogen-bond donors (Lipinski definition) is 0. The lowest BCUT2D eigenvalue weighted by Gasteiger charge is -2.10. The summed E-state index contributed by atoms with van der Waals surface area (Å²) in [6.07, 6.45) is 0.577. The summed E-state index contributed by atoms with van der Waals surface area (Å²) >= 11 is 11.9. The SMILES string of the molecule is CCCS(=O)(=O)c1cccc(OCc2ccc(Cl)cc2Cl)c1. The summed E-state index contributed by atoms with van der Waals surface area (Å²) in [7, 11) is -3.25. The smallest absolute Gasteiger partial charge is 0.178 e. The van der Waals surface area contributed by atoms with E-state index in [1.165, 1.54) is 6.07 Å². The first-order valence-electron chi connectivity index (χ1n) is 6.82. The van der Waals surface area contributed by atoms with E-state index in [0.29, 0.717) is 22.2 Å². The van der Waals surface area contributed by atoms with Crippen molar-refractivity contribution >= 4 is 33.0 Å². The third-order valence-corrected chi connectivity index (χ3v) is 5.55. The molecule has 0 aliphatic carbocycles. The number of benzene rings is 2. The molecule has 0 aromatic heterocycles. The van der Waals surface area contributed by atoms with E-state index < -0.39 is 9.84 Å². The van der Waals surface area contributed by atoms with Gasteiger partial charge in [0.1, 0.15) is 12.4 Å². The van der Waals surface area contributed by atoms with Gasteiger partial charge in [-0.25, -0.2) is 8.42 Å². The number of ether oxygens (including phenoxy) is 1. The summed E-state index contributed by atoms with van der Waals surface area (Å²) in [5.74, 6) is 0.614. The Morgan fingerprint density at radius 3 is 2.55 bits per heavy atom. The fraction of sp³-hybridized carbons (Fsp3) is 0.250. The highest BCUT2D eigenvalue weighted by molar-refractivity contribution is 7.91. The third kappa shape index (κ3) is 4.38. The van der Waals surface area contributed by atoms with Crippen LogP contribution >= 0.6 is 23.2 Å². The lowest BCUT2D eigenvalue weighted by molar-refractivity contribution is 0.305. The molecule has 6 heteroatoms. The zero-order chi connectivity index (χ0) is 16.2. The standard InChI is InChI=1S/C16H16Cl2O3S/c1-2-8-22(19,20)15-5-3-4-14(10-15)21-11-12-6-7-13(17)9-16(12)18/h3-7,9-10H,2,8,11H2,1H3. The van der Waals surface area contributed by atoms with Crippen LogP contribution in [0.2, 0.25) is 10.0 Å². The molecule has 2 rings (SSSR count). The van der Waals surface area contributed by atoms with Crippen LogP contribution in [0, 0.1) is 0 Å². The van der Waals surface area contributed by atoms with Crippen LogP contribution in [0.15, 0.2) is 47.4 Å². The summed E-state index contributed by atoms with van der Waals surface area (Å²) in [6, 6.07) is 11.7. The zero-order valence-corrected chi connectivity index (χ0v) is 14.4. The maximum Gasteiger partial charge on any atom is 0.178 e. The van der Waals surface area contributed by atoms with Gasteiger partial charge in [0, 0.05) is 15.6 Å². The van der Waals surface area contributed by atoms with Crippen LogP contribution in [-0.2, 0) is 16.4 Å². The lowest BCUT2D eigenvalue weighted by atomic mass is 10.2. The van der Waals surface area contributed by atoms with Crippen LogP contribution in [0.5, 0.6) is 5.75 Å². The van der Waals surface area contributed by atoms with Gasteiger partial charge < -0.3 is 4.74 Å². The van der Waals surface area contributed by atoms with Crippen molar-refractivity contribution in [3.8, 4) is 5.75 Å². The van der Waals surface area contributed by atoms with E-state index in [1.54, 1.807) is 36.4 Å². The highest BCUT2D eigenvalue weighted by Crippen LogP contribution is 2.24. The van der Waals surface area contributed by atoms with E-state index >= 15 is 0 Å². The second-order valence-corrected chi connectivity index (χ2v) is 7.77. The van der Waals surface area contributed by atoms with Gasteiger partial charge in [-0.15, -0.1) is 0 Å². The van der Waals surface area contributed by atoms with E-state index in [2.05, 4.69) is 0 Å². The molecular formula is C16H16Cl2O3S. The van der Waals surface area contributed by atoms with E-state index in [-0.39, 0.29) is 17.3 Å². The maximum atomic E-state index is 12.1. The molecule has 0 saturated carbocycles. The molecule has 0 aliphatic heterocycles. The minimum Gasteiger partial charge on any atom is -0.489 e. The second kappa shape index (κ2) is 7.36. The van der Waals surface area contributed by atoms with Crippen LogP contribution in [0.25, 0.3) is 0 Å². The van der Waals surface area contributed by atoms with E-state index in [9.17, 15) is 8.42 Å². The fourth-order valence-corrected chi connectivity index (χ4v) is 3.76. The molecule has 0 radical (unpaired) electrons. The van der Waals surface area contributed by atoms with Crippen molar-refractivity contribution < 1.29 is 13.2 Å². The monoisotopic (exact) mass is 358 g/mol. The fourth-order valence-electron chi connectivity index (χ4n) is 1.94. The molecule has 2 aromatic carbocycles. The normalized spacial score (nSPS) is 11.4. The minimum absolute atomic E-state index is 0.124. The quantitative estimate of drug-likeness (QED) is 0.747. The molecule has 0 saturated heterocycles. The van der Waals surface area contributed by atoms with Gasteiger partial charge in [0.25, 0.3) is 0 Å². The molecule has 0 amide bonds. The van der Waals surface area contributed by atoms with Gasteiger partial charge in [0.15, 0.2) is 9.84 Å². The lowest BCUT2D eigenvalue weighted by Crippen LogP contribution is -2.06. The van der Waals surface area contributed by atoms with Crippen LogP contribution in [-0.4, -0.2) is 14.2 Å². The Bertz CT molecular complexity index is 758. The Hall–Kier alpha value is -1.23. The molecule has 22 heavy (non-hydrogen) atoms. The van der Waals surface area contributed by atoms with Crippen LogP contribution in [0.3, 0.4) is 0 Å². The van der Waals surface area contributed by atoms with Crippen molar-refractivity contribution in [3.63, 3.8) is 0 Å². The minimum atomic E-state index is -3.25. The number of rotatable bonds is 6. The summed E-state index contributed by atoms with van der Waals surface area (Å²) in [6.45, 7) is 2.08. The van der Waals surface area contributed by atoms with Gasteiger partial charge in [-0.05, 0) is 36.8 Å². The Balaban J connectivity index is 2.14. The largest absolute Gasteiger partial charge is 0.489 e. The Morgan fingerprint density at radius 2 is 1.86 bits per heavy atom. The molecule has 118 valence electrons. The molecule has 0 N–H and O–H groups in total. The first kappa shape index (κ1) is 17.1. The predicted octanol–water partition coefficient (Wildman–Crippen LogP) is 4.76. The second-order valence-electron chi connectivity index (χ2n) is 4.82. The average molecular weight is 359 g/mol.